The maximum Gasteiger partial charge on any atom is 0.347 e. The summed E-state index contributed by atoms with van der Waals surface area (Å²) in [5.41, 5.74) is 1.22. The summed E-state index contributed by atoms with van der Waals surface area (Å²) < 4.78 is 0. The molecule has 0 bridgehead atoms. The van der Waals surface area contributed by atoms with Crippen molar-refractivity contribution in [2.75, 3.05) is 4.90 Å². The molecule has 2 aromatic carbocycles. The fourth-order valence-electron chi connectivity index (χ4n) is 3.10. The monoisotopic (exact) mass is 320 g/mol. The number of carboxylic acid groups (broad SMARTS) is 1. The third kappa shape index (κ3) is 1.86. The van der Waals surface area contributed by atoms with Crippen molar-refractivity contribution < 1.29 is 19.5 Å². The van der Waals surface area contributed by atoms with Gasteiger partial charge in [0, 0.05) is 16.8 Å². The second-order valence-corrected chi connectivity index (χ2v) is 5.52. The van der Waals surface area contributed by atoms with Crippen LogP contribution in [0.2, 0.25) is 0 Å². The van der Waals surface area contributed by atoms with Gasteiger partial charge in [-0.15, -0.1) is 0 Å². The summed E-state index contributed by atoms with van der Waals surface area (Å²) in [5, 5.41) is 12.2. The van der Waals surface area contributed by atoms with E-state index < -0.39 is 12.1 Å². The summed E-state index contributed by atoms with van der Waals surface area (Å²) in [6, 6.07) is 15.2. The molecule has 1 aliphatic heterocycles. The molecule has 1 aliphatic carbocycles. The Balaban J connectivity index is 1.92. The van der Waals surface area contributed by atoms with E-state index in [1.165, 1.54) is 4.90 Å². The van der Waals surface area contributed by atoms with Gasteiger partial charge in [0.2, 0.25) is 17.7 Å². The Morgan fingerprint density at radius 3 is 2.12 bits per heavy atom. The van der Waals surface area contributed by atoms with Crippen LogP contribution in [0.3, 0.4) is 0 Å². The summed E-state index contributed by atoms with van der Waals surface area (Å²) in [6.45, 7) is 0. The van der Waals surface area contributed by atoms with Gasteiger partial charge in [-0.1, -0.05) is 42.5 Å². The number of nitrogens with one attached hydrogen (secondary N) is 1. The highest BCUT2D eigenvalue weighted by Crippen LogP contribution is 2.35. The second kappa shape index (κ2) is 5.06. The van der Waals surface area contributed by atoms with E-state index in [-0.39, 0.29) is 34.1 Å². The lowest BCUT2D eigenvalue weighted by Crippen LogP contribution is -2.45. The van der Waals surface area contributed by atoms with Gasteiger partial charge in [-0.05, 0) is 12.1 Å². The number of aliphatic carboxylic acids is 1. The molecule has 0 radical (unpaired) electrons. The van der Waals surface area contributed by atoms with Gasteiger partial charge in [-0.2, -0.15) is 0 Å². The van der Waals surface area contributed by atoms with Crippen molar-refractivity contribution in [1.82, 2.24) is 5.32 Å². The Labute approximate surface area is 137 Å². The summed E-state index contributed by atoms with van der Waals surface area (Å²) in [7, 11) is 0. The van der Waals surface area contributed by atoms with Crippen LogP contribution >= 0.6 is 0 Å². The molecule has 6 nitrogen and oxygen atoms in total. The summed E-state index contributed by atoms with van der Waals surface area (Å²) in [6.07, 6.45) is -1.21. The average Bonchev–Trinajstić information content (AvgIpc) is 3.02. The number of hydrogen-bond donors (Lipinski definition) is 2. The van der Waals surface area contributed by atoms with Gasteiger partial charge in [-0.3, -0.25) is 9.59 Å². The molecule has 0 fully saturated rings. The van der Waals surface area contributed by atoms with E-state index in [0.29, 0.717) is 5.69 Å². The van der Waals surface area contributed by atoms with Gasteiger partial charge in [0.05, 0.1) is 0 Å². The van der Waals surface area contributed by atoms with Gasteiger partial charge in [0.1, 0.15) is 11.4 Å². The lowest BCUT2D eigenvalue weighted by atomic mass is 9.90. The normalized spacial score (nSPS) is 19.0. The number of carboxylic acids is 1. The molecule has 4 rings (SSSR count). The third-order valence-electron chi connectivity index (χ3n) is 4.14. The molecule has 6 heteroatoms. The fraction of sp³-hybridized carbons (Fsp3) is 0.0556. The van der Waals surface area contributed by atoms with Crippen LogP contribution in [0.4, 0.5) is 5.69 Å². The Bertz CT molecular complexity index is 918. The second-order valence-electron chi connectivity index (χ2n) is 5.52. The van der Waals surface area contributed by atoms with E-state index in [2.05, 4.69) is 5.32 Å². The first-order valence-corrected chi connectivity index (χ1v) is 7.36. The Morgan fingerprint density at radius 2 is 1.50 bits per heavy atom. The minimum atomic E-state index is -1.21. The van der Waals surface area contributed by atoms with Crippen LogP contribution in [-0.2, 0) is 4.79 Å². The van der Waals surface area contributed by atoms with Crippen molar-refractivity contribution in [3.63, 3.8) is 0 Å². The zero-order chi connectivity index (χ0) is 16.8. The molecule has 1 atom stereocenters. The highest BCUT2D eigenvalue weighted by molar-refractivity contribution is 6.29. The summed E-state index contributed by atoms with van der Waals surface area (Å²) >= 11 is 0. The molecule has 0 saturated heterocycles. The van der Waals surface area contributed by atoms with Crippen molar-refractivity contribution in [2.24, 2.45) is 0 Å². The summed E-state index contributed by atoms with van der Waals surface area (Å²) in [4.78, 5) is 38.6. The first kappa shape index (κ1) is 14.2. The van der Waals surface area contributed by atoms with Crippen LogP contribution < -0.4 is 10.2 Å². The maximum atomic E-state index is 12.9. The van der Waals surface area contributed by atoms with Crippen molar-refractivity contribution in [3.8, 4) is 0 Å². The molecule has 24 heavy (non-hydrogen) atoms. The molecule has 118 valence electrons. The highest BCUT2D eigenvalue weighted by atomic mass is 16.4. The maximum absolute atomic E-state index is 12.9. The Kier molecular flexibility index (Phi) is 2.99. The van der Waals surface area contributed by atoms with Crippen LogP contribution in [-0.4, -0.2) is 28.8 Å². The van der Waals surface area contributed by atoms with Crippen LogP contribution in [0.5, 0.6) is 0 Å². The number of anilines is 1. The number of para-hydroxylation sites is 1. The molecule has 0 saturated carbocycles. The zero-order valence-corrected chi connectivity index (χ0v) is 12.4. The van der Waals surface area contributed by atoms with E-state index in [1.54, 1.807) is 54.6 Å². The van der Waals surface area contributed by atoms with Crippen molar-refractivity contribution in [3.05, 3.63) is 77.1 Å². The highest BCUT2D eigenvalue weighted by Gasteiger charge is 2.46. The van der Waals surface area contributed by atoms with Crippen LogP contribution in [0.1, 0.15) is 20.7 Å². The number of rotatable bonds is 2. The minimum absolute atomic E-state index is 0.0370. The topological polar surface area (TPSA) is 86.7 Å². The zero-order valence-electron chi connectivity index (χ0n) is 12.4. The number of hydrogen-bond acceptors (Lipinski definition) is 5. The van der Waals surface area contributed by atoms with Crippen molar-refractivity contribution in [1.29, 1.82) is 0 Å². The lowest BCUT2D eigenvalue weighted by Gasteiger charge is -2.26. The predicted molar refractivity (Wildman–Crippen MR) is 85.6 cm³/mol. The molecule has 0 aromatic heterocycles. The SMILES string of the molecule is O=C1C2=C(C(=O)c3ccccc31)N(c1ccccc1)C(C(=O)O)N2. The number of allylic oxidation sites excluding steroid dienone is 2. The standard InChI is InChI=1S/C18H12N2O4/c21-15-11-8-4-5-9-12(11)16(22)14-13(15)19-17(18(23)24)20(14)10-6-2-1-3-7-10/h1-9,17,19H,(H,23,24). The number of carbonyl (C=O) groups excluding carboxylic acids is 2. The quantitative estimate of drug-likeness (QED) is 0.877. The van der Waals surface area contributed by atoms with Crippen molar-refractivity contribution in [2.45, 2.75) is 6.17 Å². The molecular weight excluding hydrogens is 308 g/mol. The van der Waals surface area contributed by atoms with Crippen LogP contribution in [0.25, 0.3) is 0 Å². The minimum Gasteiger partial charge on any atom is -0.478 e. The van der Waals surface area contributed by atoms with Gasteiger partial charge in [-0.25, -0.2) is 4.79 Å². The largest absolute Gasteiger partial charge is 0.478 e. The van der Waals surface area contributed by atoms with Gasteiger partial charge in [0.25, 0.3) is 0 Å². The number of fused-ring (bicyclic) bond motifs is 1. The molecule has 0 spiro atoms. The molecule has 2 aromatic rings. The molecule has 1 unspecified atom stereocenters. The number of Topliss-reactive ketones (excluding diaryl/α,β-unsaturated/α-hetero) is 2. The van der Waals surface area contributed by atoms with E-state index in [9.17, 15) is 19.5 Å². The van der Waals surface area contributed by atoms with E-state index in [1.807, 2.05) is 0 Å². The van der Waals surface area contributed by atoms with E-state index in [0.717, 1.165) is 0 Å². The first-order chi connectivity index (χ1) is 11.6. The van der Waals surface area contributed by atoms with Crippen LogP contribution in [0.15, 0.2) is 66.0 Å². The van der Waals surface area contributed by atoms with Gasteiger partial charge in [0.15, 0.2) is 0 Å². The van der Waals surface area contributed by atoms with Gasteiger partial charge >= 0.3 is 5.97 Å². The Morgan fingerprint density at radius 1 is 0.917 bits per heavy atom. The number of nitrogens with zero attached hydrogens (tertiary/aromatic N) is 1. The lowest BCUT2D eigenvalue weighted by molar-refractivity contribution is -0.138. The van der Waals surface area contributed by atoms with Gasteiger partial charge < -0.3 is 15.3 Å². The van der Waals surface area contributed by atoms with E-state index in [4.69, 9.17) is 0 Å². The fourth-order valence-corrected chi connectivity index (χ4v) is 3.10. The average molecular weight is 320 g/mol. The third-order valence-corrected chi connectivity index (χ3v) is 4.14. The number of carbonyl (C=O) groups is 3. The first-order valence-electron chi connectivity index (χ1n) is 7.36. The molecule has 2 N–H and O–H groups in total. The van der Waals surface area contributed by atoms with E-state index >= 15 is 0 Å². The number of benzene rings is 2. The molecule has 2 aliphatic rings. The van der Waals surface area contributed by atoms with Crippen LogP contribution in [0, 0.1) is 0 Å². The van der Waals surface area contributed by atoms with Crippen molar-refractivity contribution >= 4 is 23.2 Å². The molecule has 1 heterocycles. The smallest absolute Gasteiger partial charge is 0.347 e. The predicted octanol–water partition coefficient (Wildman–Crippen LogP) is 1.80. The Hall–Kier alpha value is -3.41. The molecule has 0 amide bonds. The summed E-state index contributed by atoms with van der Waals surface area (Å²) in [5.74, 6) is -1.90. The number of ketones is 2. The molecular formula is C18H12N2O4.